The van der Waals surface area contributed by atoms with E-state index in [1.165, 1.54) is 24.3 Å². The summed E-state index contributed by atoms with van der Waals surface area (Å²) in [4.78, 5) is 4.31. The zero-order chi connectivity index (χ0) is 10.7. The van der Waals surface area contributed by atoms with Crippen molar-refractivity contribution in [3.8, 4) is 0 Å². The van der Waals surface area contributed by atoms with E-state index in [1.807, 2.05) is 24.0 Å². The first kappa shape index (κ1) is 11.0. The Kier molecular flexibility index (Phi) is 3.70. The summed E-state index contributed by atoms with van der Waals surface area (Å²) in [5.41, 5.74) is 6.18. The SMILES string of the molecule is Cn1ccnc1C(N)CC1CCSCC1. The maximum atomic E-state index is 6.18. The molecule has 1 unspecified atom stereocenters. The van der Waals surface area contributed by atoms with E-state index in [0.717, 1.165) is 18.2 Å². The largest absolute Gasteiger partial charge is 0.337 e. The predicted octanol–water partition coefficient (Wildman–Crippen LogP) is 1.95. The topological polar surface area (TPSA) is 43.8 Å². The van der Waals surface area contributed by atoms with Crippen LogP contribution in [0.1, 0.15) is 31.1 Å². The number of aromatic nitrogens is 2. The molecule has 1 aromatic rings. The predicted molar refractivity (Wildman–Crippen MR) is 64.8 cm³/mol. The minimum atomic E-state index is 0.109. The average molecular weight is 225 g/mol. The van der Waals surface area contributed by atoms with E-state index in [-0.39, 0.29) is 6.04 Å². The molecule has 1 aliphatic rings. The van der Waals surface area contributed by atoms with E-state index >= 15 is 0 Å². The molecule has 2 heterocycles. The van der Waals surface area contributed by atoms with Gasteiger partial charge in [-0.3, -0.25) is 0 Å². The summed E-state index contributed by atoms with van der Waals surface area (Å²) < 4.78 is 2.03. The molecule has 1 saturated heterocycles. The molecule has 0 spiro atoms. The van der Waals surface area contributed by atoms with Crippen LogP contribution in [0.15, 0.2) is 12.4 Å². The van der Waals surface area contributed by atoms with E-state index in [1.54, 1.807) is 0 Å². The molecule has 1 atom stereocenters. The lowest BCUT2D eigenvalue weighted by molar-refractivity contribution is 0.401. The Balaban J connectivity index is 1.91. The molecule has 1 aliphatic heterocycles. The third kappa shape index (κ3) is 2.75. The van der Waals surface area contributed by atoms with Crippen molar-refractivity contribution in [1.29, 1.82) is 0 Å². The van der Waals surface area contributed by atoms with Crippen LogP contribution in [0.2, 0.25) is 0 Å². The highest BCUT2D eigenvalue weighted by molar-refractivity contribution is 7.99. The molecule has 0 aliphatic carbocycles. The van der Waals surface area contributed by atoms with Crippen molar-refractivity contribution in [3.05, 3.63) is 18.2 Å². The second kappa shape index (κ2) is 5.03. The number of hydrogen-bond acceptors (Lipinski definition) is 3. The number of imidazole rings is 1. The van der Waals surface area contributed by atoms with Crippen LogP contribution < -0.4 is 5.73 Å². The quantitative estimate of drug-likeness (QED) is 0.855. The van der Waals surface area contributed by atoms with Crippen molar-refractivity contribution in [2.75, 3.05) is 11.5 Å². The molecule has 0 bridgehead atoms. The van der Waals surface area contributed by atoms with Crippen LogP contribution in [-0.4, -0.2) is 21.1 Å². The number of rotatable bonds is 3. The highest BCUT2D eigenvalue weighted by Gasteiger charge is 2.19. The van der Waals surface area contributed by atoms with E-state index < -0.39 is 0 Å². The third-order valence-corrected chi connectivity index (χ3v) is 4.17. The van der Waals surface area contributed by atoms with Crippen LogP contribution in [0.3, 0.4) is 0 Å². The standard InChI is InChI=1S/C11H19N3S/c1-14-5-4-13-11(14)10(12)8-9-2-6-15-7-3-9/h4-5,9-10H,2-3,6-8,12H2,1H3. The Hall–Kier alpha value is -0.480. The smallest absolute Gasteiger partial charge is 0.125 e. The lowest BCUT2D eigenvalue weighted by Gasteiger charge is -2.24. The van der Waals surface area contributed by atoms with Crippen LogP contribution >= 0.6 is 11.8 Å². The molecule has 84 valence electrons. The zero-order valence-corrected chi connectivity index (χ0v) is 10.0. The van der Waals surface area contributed by atoms with E-state index in [0.29, 0.717) is 0 Å². The molecule has 0 radical (unpaired) electrons. The Labute approximate surface area is 95.4 Å². The minimum Gasteiger partial charge on any atom is -0.337 e. The van der Waals surface area contributed by atoms with Crippen molar-refractivity contribution in [1.82, 2.24) is 9.55 Å². The molecule has 0 amide bonds. The Morgan fingerprint density at radius 3 is 2.93 bits per heavy atom. The first-order chi connectivity index (χ1) is 7.27. The number of nitrogens with zero attached hydrogens (tertiary/aromatic N) is 2. The van der Waals surface area contributed by atoms with Gasteiger partial charge >= 0.3 is 0 Å². The fourth-order valence-corrected chi connectivity index (χ4v) is 3.39. The van der Waals surface area contributed by atoms with Crippen LogP contribution in [0.4, 0.5) is 0 Å². The Morgan fingerprint density at radius 1 is 1.60 bits per heavy atom. The van der Waals surface area contributed by atoms with Gasteiger partial charge in [0.15, 0.2) is 0 Å². The fraction of sp³-hybridized carbons (Fsp3) is 0.727. The van der Waals surface area contributed by atoms with Crippen molar-refractivity contribution in [3.63, 3.8) is 0 Å². The fourth-order valence-electron chi connectivity index (χ4n) is 2.18. The van der Waals surface area contributed by atoms with Crippen molar-refractivity contribution in [2.24, 2.45) is 18.7 Å². The molecular weight excluding hydrogens is 206 g/mol. The lowest BCUT2D eigenvalue weighted by atomic mass is 9.94. The summed E-state index contributed by atoms with van der Waals surface area (Å²) >= 11 is 2.06. The van der Waals surface area contributed by atoms with Gasteiger partial charge in [-0.15, -0.1) is 0 Å². The number of hydrogen-bond donors (Lipinski definition) is 1. The van der Waals surface area contributed by atoms with Gasteiger partial charge < -0.3 is 10.3 Å². The second-order valence-corrected chi connectivity index (χ2v) is 5.52. The monoisotopic (exact) mass is 225 g/mol. The van der Waals surface area contributed by atoms with Crippen LogP contribution in [0, 0.1) is 5.92 Å². The van der Waals surface area contributed by atoms with E-state index in [2.05, 4.69) is 16.7 Å². The lowest BCUT2D eigenvalue weighted by Crippen LogP contribution is -2.21. The van der Waals surface area contributed by atoms with Gasteiger partial charge in [0.1, 0.15) is 5.82 Å². The Morgan fingerprint density at radius 2 is 2.33 bits per heavy atom. The molecule has 15 heavy (non-hydrogen) atoms. The number of aryl methyl sites for hydroxylation is 1. The molecule has 0 aromatic carbocycles. The minimum absolute atomic E-state index is 0.109. The van der Waals surface area contributed by atoms with Gasteiger partial charge in [-0.2, -0.15) is 11.8 Å². The highest BCUT2D eigenvalue weighted by Crippen LogP contribution is 2.29. The Bertz CT molecular complexity index is 305. The van der Waals surface area contributed by atoms with Gasteiger partial charge in [-0.05, 0) is 36.7 Å². The molecule has 0 saturated carbocycles. The molecular formula is C11H19N3S. The average Bonchev–Trinajstić information content (AvgIpc) is 2.66. The van der Waals surface area contributed by atoms with Gasteiger partial charge in [0.2, 0.25) is 0 Å². The summed E-state index contributed by atoms with van der Waals surface area (Å²) in [5.74, 6) is 4.43. The zero-order valence-electron chi connectivity index (χ0n) is 9.22. The molecule has 3 nitrogen and oxygen atoms in total. The molecule has 4 heteroatoms. The van der Waals surface area contributed by atoms with Crippen molar-refractivity contribution < 1.29 is 0 Å². The van der Waals surface area contributed by atoms with E-state index in [9.17, 15) is 0 Å². The maximum Gasteiger partial charge on any atom is 0.125 e. The summed E-state index contributed by atoms with van der Waals surface area (Å²) in [6.45, 7) is 0. The van der Waals surface area contributed by atoms with Gasteiger partial charge in [0.25, 0.3) is 0 Å². The molecule has 1 aromatic heterocycles. The van der Waals surface area contributed by atoms with Gasteiger partial charge in [0.05, 0.1) is 6.04 Å². The second-order valence-electron chi connectivity index (χ2n) is 4.29. The summed E-state index contributed by atoms with van der Waals surface area (Å²) in [7, 11) is 2.01. The van der Waals surface area contributed by atoms with Crippen LogP contribution in [-0.2, 0) is 7.05 Å². The third-order valence-electron chi connectivity index (χ3n) is 3.12. The summed E-state index contributed by atoms with van der Waals surface area (Å²) in [5, 5.41) is 0. The highest BCUT2D eigenvalue weighted by atomic mass is 32.2. The first-order valence-corrected chi connectivity index (χ1v) is 6.73. The molecule has 2 N–H and O–H groups in total. The van der Waals surface area contributed by atoms with E-state index in [4.69, 9.17) is 5.73 Å². The number of nitrogens with two attached hydrogens (primary N) is 1. The molecule has 2 rings (SSSR count). The normalized spacial score (nSPS) is 20.4. The van der Waals surface area contributed by atoms with Crippen molar-refractivity contribution in [2.45, 2.75) is 25.3 Å². The summed E-state index contributed by atoms with van der Waals surface area (Å²) in [6.07, 6.45) is 7.52. The first-order valence-electron chi connectivity index (χ1n) is 5.58. The summed E-state index contributed by atoms with van der Waals surface area (Å²) in [6, 6.07) is 0.109. The van der Waals surface area contributed by atoms with Gasteiger partial charge in [-0.1, -0.05) is 0 Å². The molecule has 1 fully saturated rings. The van der Waals surface area contributed by atoms with Crippen LogP contribution in [0.5, 0.6) is 0 Å². The van der Waals surface area contributed by atoms with Crippen LogP contribution in [0.25, 0.3) is 0 Å². The van der Waals surface area contributed by atoms with Gasteiger partial charge in [-0.25, -0.2) is 4.98 Å². The van der Waals surface area contributed by atoms with Gasteiger partial charge in [0, 0.05) is 19.4 Å². The number of thioether (sulfide) groups is 1. The maximum absolute atomic E-state index is 6.18. The van der Waals surface area contributed by atoms with Crippen molar-refractivity contribution >= 4 is 11.8 Å².